The SMILES string of the molecule is COc1nc(N[C@H]2CC[C@H](C)CC2)ncc1Br. The lowest BCUT2D eigenvalue weighted by atomic mass is 9.87. The second-order valence-electron chi connectivity index (χ2n) is 4.65. The van der Waals surface area contributed by atoms with Crippen molar-refractivity contribution in [2.45, 2.75) is 38.6 Å². The number of hydrogen-bond donors (Lipinski definition) is 1. The molecule has 0 aromatic carbocycles. The van der Waals surface area contributed by atoms with Crippen molar-refractivity contribution in [2.75, 3.05) is 12.4 Å². The standard InChI is InChI=1S/C12H18BrN3O/c1-8-3-5-9(6-4-8)15-12-14-7-10(13)11(16-12)17-2/h7-9H,3-6H2,1-2H3,(H,14,15,16)/t8-,9-. The van der Waals surface area contributed by atoms with Crippen molar-refractivity contribution in [3.8, 4) is 5.88 Å². The zero-order valence-corrected chi connectivity index (χ0v) is 11.8. The molecule has 5 heteroatoms. The zero-order valence-electron chi connectivity index (χ0n) is 10.2. The molecule has 0 amide bonds. The van der Waals surface area contributed by atoms with Crippen LogP contribution < -0.4 is 10.1 Å². The van der Waals surface area contributed by atoms with Gasteiger partial charge < -0.3 is 10.1 Å². The van der Waals surface area contributed by atoms with Crippen LogP contribution in [0.25, 0.3) is 0 Å². The van der Waals surface area contributed by atoms with E-state index in [0.717, 1.165) is 10.4 Å². The molecule has 1 aliphatic carbocycles. The molecule has 0 atom stereocenters. The van der Waals surface area contributed by atoms with Crippen molar-refractivity contribution >= 4 is 21.9 Å². The van der Waals surface area contributed by atoms with Crippen molar-refractivity contribution in [1.29, 1.82) is 0 Å². The molecule has 1 aromatic heterocycles. The van der Waals surface area contributed by atoms with E-state index in [4.69, 9.17) is 4.74 Å². The van der Waals surface area contributed by atoms with E-state index in [1.165, 1.54) is 25.7 Å². The first-order valence-electron chi connectivity index (χ1n) is 6.02. The number of nitrogens with one attached hydrogen (secondary N) is 1. The summed E-state index contributed by atoms with van der Waals surface area (Å²) in [6, 6.07) is 0.497. The van der Waals surface area contributed by atoms with Crippen LogP contribution in [0.3, 0.4) is 0 Å². The maximum absolute atomic E-state index is 5.15. The molecule has 0 bridgehead atoms. The van der Waals surface area contributed by atoms with E-state index >= 15 is 0 Å². The molecule has 1 saturated carbocycles. The van der Waals surface area contributed by atoms with Gasteiger partial charge in [0.2, 0.25) is 11.8 Å². The molecular formula is C12H18BrN3O. The third kappa shape index (κ3) is 3.31. The molecule has 1 aliphatic rings. The summed E-state index contributed by atoms with van der Waals surface area (Å²) >= 11 is 3.35. The minimum Gasteiger partial charge on any atom is -0.480 e. The van der Waals surface area contributed by atoms with Gasteiger partial charge in [-0.2, -0.15) is 4.98 Å². The molecule has 2 rings (SSSR count). The molecule has 17 heavy (non-hydrogen) atoms. The van der Waals surface area contributed by atoms with Gasteiger partial charge in [0.15, 0.2) is 0 Å². The number of aromatic nitrogens is 2. The highest BCUT2D eigenvalue weighted by Gasteiger charge is 2.19. The average molecular weight is 300 g/mol. The first kappa shape index (κ1) is 12.6. The Balaban J connectivity index is 1.99. The van der Waals surface area contributed by atoms with Crippen molar-refractivity contribution < 1.29 is 4.74 Å². The predicted octanol–water partition coefficient (Wildman–Crippen LogP) is 3.24. The first-order valence-corrected chi connectivity index (χ1v) is 6.81. The number of anilines is 1. The fourth-order valence-corrected chi connectivity index (χ4v) is 2.50. The Labute approximate surface area is 110 Å². The summed E-state index contributed by atoms with van der Waals surface area (Å²) in [7, 11) is 1.61. The molecule has 94 valence electrons. The summed E-state index contributed by atoms with van der Waals surface area (Å²) in [5, 5.41) is 3.38. The van der Waals surface area contributed by atoms with Crippen molar-refractivity contribution in [2.24, 2.45) is 5.92 Å². The topological polar surface area (TPSA) is 47.0 Å². The van der Waals surface area contributed by atoms with E-state index in [-0.39, 0.29) is 0 Å². The molecule has 0 aliphatic heterocycles. The molecule has 1 heterocycles. The monoisotopic (exact) mass is 299 g/mol. The lowest BCUT2D eigenvalue weighted by Crippen LogP contribution is -2.26. The van der Waals surface area contributed by atoms with Gasteiger partial charge >= 0.3 is 0 Å². The van der Waals surface area contributed by atoms with Gasteiger partial charge in [-0.1, -0.05) is 6.92 Å². The van der Waals surface area contributed by atoms with Gasteiger partial charge in [0.1, 0.15) is 0 Å². The number of hydrogen-bond acceptors (Lipinski definition) is 4. The number of nitrogens with zero attached hydrogens (tertiary/aromatic N) is 2. The maximum atomic E-state index is 5.15. The van der Waals surface area contributed by atoms with E-state index in [1.807, 2.05) is 0 Å². The summed E-state index contributed by atoms with van der Waals surface area (Å²) in [4.78, 5) is 8.56. The molecule has 0 saturated heterocycles. The zero-order chi connectivity index (χ0) is 12.3. The van der Waals surface area contributed by atoms with E-state index in [1.54, 1.807) is 13.3 Å². The molecule has 0 unspecified atom stereocenters. The summed E-state index contributed by atoms with van der Waals surface area (Å²) in [6.07, 6.45) is 6.68. The molecule has 4 nitrogen and oxygen atoms in total. The average Bonchev–Trinajstić information content (AvgIpc) is 2.34. The third-order valence-corrected chi connectivity index (χ3v) is 3.80. The largest absolute Gasteiger partial charge is 0.480 e. The van der Waals surface area contributed by atoms with Gasteiger partial charge in [-0.05, 0) is 47.5 Å². The van der Waals surface area contributed by atoms with Gasteiger partial charge in [-0.15, -0.1) is 0 Å². The number of ether oxygens (including phenoxy) is 1. The normalized spacial score (nSPS) is 24.4. The predicted molar refractivity (Wildman–Crippen MR) is 71.3 cm³/mol. The van der Waals surface area contributed by atoms with Crippen molar-refractivity contribution in [3.05, 3.63) is 10.7 Å². The number of methoxy groups -OCH3 is 1. The summed E-state index contributed by atoms with van der Waals surface area (Å²) in [5.74, 6) is 2.09. The summed E-state index contributed by atoms with van der Waals surface area (Å²) < 4.78 is 5.93. The van der Waals surface area contributed by atoms with Gasteiger partial charge in [0.05, 0.1) is 17.8 Å². The lowest BCUT2D eigenvalue weighted by molar-refractivity contribution is 0.359. The minimum atomic E-state index is 0.497. The van der Waals surface area contributed by atoms with Gasteiger partial charge in [0.25, 0.3) is 0 Å². The quantitative estimate of drug-likeness (QED) is 0.931. The fourth-order valence-electron chi connectivity index (χ4n) is 2.15. The highest BCUT2D eigenvalue weighted by atomic mass is 79.9. The molecule has 0 radical (unpaired) electrons. The maximum Gasteiger partial charge on any atom is 0.232 e. The van der Waals surface area contributed by atoms with Crippen LogP contribution >= 0.6 is 15.9 Å². The highest BCUT2D eigenvalue weighted by molar-refractivity contribution is 9.10. The van der Waals surface area contributed by atoms with E-state index in [9.17, 15) is 0 Å². The van der Waals surface area contributed by atoms with Crippen molar-refractivity contribution in [1.82, 2.24) is 9.97 Å². The van der Waals surface area contributed by atoms with Crippen LogP contribution in [0, 0.1) is 5.92 Å². The number of rotatable bonds is 3. The molecular weight excluding hydrogens is 282 g/mol. The van der Waals surface area contributed by atoms with Crippen LogP contribution in [-0.2, 0) is 0 Å². The Hall–Kier alpha value is -0.840. The second-order valence-corrected chi connectivity index (χ2v) is 5.51. The smallest absolute Gasteiger partial charge is 0.232 e. The Kier molecular flexibility index (Phi) is 4.20. The van der Waals surface area contributed by atoms with E-state index in [0.29, 0.717) is 17.9 Å². The number of halogens is 1. The van der Waals surface area contributed by atoms with Gasteiger partial charge in [-0.25, -0.2) is 4.98 Å². The molecule has 0 spiro atoms. The third-order valence-electron chi connectivity index (χ3n) is 3.25. The molecule has 1 aromatic rings. The fraction of sp³-hybridized carbons (Fsp3) is 0.667. The van der Waals surface area contributed by atoms with Crippen LogP contribution in [0.2, 0.25) is 0 Å². The minimum absolute atomic E-state index is 0.497. The first-order chi connectivity index (χ1) is 8.19. The lowest BCUT2D eigenvalue weighted by Gasteiger charge is -2.26. The highest BCUT2D eigenvalue weighted by Crippen LogP contribution is 2.26. The molecule has 1 fully saturated rings. The van der Waals surface area contributed by atoms with E-state index in [2.05, 4.69) is 38.1 Å². The van der Waals surface area contributed by atoms with Crippen LogP contribution in [0.4, 0.5) is 5.95 Å². The van der Waals surface area contributed by atoms with Crippen LogP contribution in [0.15, 0.2) is 10.7 Å². The Morgan fingerprint density at radius 1 is 1.35 bits per heavy atom. The Morgan fingerprint density at radius 3 is 2.71 bits per heavy atom. The molecule has 1 N–H and O–H groups in total. The van der Waals surface area contributed by atoms with Gasteiger partial charge in [-0.3, -0.25) is 0 Å². The summed E-state index contributed by atoms with van der Waals surface area (Å²) in [5.41, 5.74) is 0. The van der Waals surface area contributed by atoms with Crippen LogP contribution in [-0.4, -0.2) is 23.1 Å². The van der Waals surface area contributed by atoms with Crippen LogP contribution in [0.1, 0.15) is 32.6 Å². The van der Waals surface area contributed by atoms with Crippen molar-refractivity contribution in [3.63, 3.8) is 0 Å². The Bertz CT molecular complexity index is 378. The summed E-state index contributed by atoms with van der Waals surface area (Å²) in [6.45, 7) is 2.31. The van der Waals surface area contributed by atoms with E-state index < -0.39 is 0 Å². The Morgan fingerprint density at radius 2 is 2.06 bits per heavy atom. The van der Waals surface area contributed by atoms with Gasteiger partial charge in [0, 0.05) is 6.04 Å². The van der Waals surface area contributed by atoms with Crippen LogP contribution in [0.5, 0.6) is 5.88 Å². The second kappa shape index (κ2) is 5.67.